The second-order valence-corrected chi connectivity index (χ2v) is 4.92. The van der Waals surface area contributed by atoms with Crippen molar-refractivity contribution >= 4 is 22.4 Å². The summed E-state index contributed by atoms with van der Waals surface area (Å²) in [5.41, 5.74) is 7.22. The Kier molecular flexibility index (Phi) is 3.70. The van der Waals surface area contributed by atoms with E-state index in [1.54, 1.807) is 6.07 Å². The quantitative estimate of drug-likeness (QED) is 0.730. The van der Waals surface area contributed by atoms with Crippen molar-refractivity contribution in [2.45, 2.75) is 6.54 Å². The lowest BCUT2D eigenvalue weighted by atomic mass is 10.1. The smallest absolute Gasteiger partial charge is 0.270 e. The number of nitrogens with one attached hydrogen (secondary N) is 1. The van der Waals surface area contributed by atoms with E-state index in [0.29, 0.717) is 17.3 Å². The number of carbonyl (C=O) groups is 1. The maximum Gasteiger partial charge on any atom is 0.270 e. The molecule has 5 heteroatoms. The van der Waals surface area contributed by atoms with E-state index in [-0.39, 0.29) is 17.3 Å². The molecule has 110 valence electrons. The average molecular weight is 295 g/mol. The summed E-state index contributed by atoms with van der Waals surface area (Å²) in [4.78, 5) is 16.4. The molecule has 0 atom stereocenters. The van der Waals surface area contributed by atoms with Gasteiger partial charge in [-0.15, -0.1) is 0 Å². The second-order valence-electron chi connectivity index (χ2n) is 4.92. The standard InChI is InChI=1S/C17H14FN3O/c18-12-8-14-13(15(19)9-12)6-7-20-16(14)17(22)21-10-11-4-2-1-3-5-11/h1-9H,10,19H2,(H,21,22). The van der Waals surface area contributed by atoms with E-state index < -0.39 is 5.82 Å². The van der Waals surface area contributed by atoms with Crippen LogP contribution in [0.25, 0.3) is 10.8 Å². The lowest BCUT2D eigenvalue weighted by Crippen LogP contribution is -2.24. The van der Waals surface area contributed by atoms with Gasteiger partial charge in [0.15, 0.2) is 0 Å². The van der Waals surface area contributed by atoms with E-state index in [1.807, 2.05) is 30.3 Å². The number of anilines is 1. The van der Waals surface area contributed by atoms with E-state index in [2.05, 4.69) is 10.3 Å². The van der Waals surface area contributed by atoms with Crippen LogP contribution in [-0.2, 0) is 6.54 Å². The Morgan fingerprint density at radius 2 is 1.91 bits per heavy atom. The first-order valence-corrected chi connectivity index (χ1v) is 6.81. The number of pyridine rings is 1. The fourth-order valence-electron chi connectivity index (χ4n) is 2.32. The van der Waals surface area contributed by atoms with Crippen LogP contribution in [0.2, 0.25) is 0 Å². The topological polar surface area (TPSA) is 68.0 Å². The van der Waals surface area contributed by atoms with Crippen LogP contribution < -0.4 is 11.1 Å². The van der Waals surface area contributed by atoms with Gasteiger partial charge in [0.2, 0.25) is 0 Å². The van der Waals surface area contributed by atoms with Crippen molar-refractivity contribution in [1.29, 1.82) is 0 Å². The van der Waals surface area contributed by atoms with E-state index in [4.69, 9.17) is 5.73 Å². The Bertz CT molecular complexity index is 834. The van der Waals surface area contributed by atoms with Crippen LogP contribution >= 0.6 is 0 Å². The highest BCUT2D eigenvalue weighted by molar-refractivity contribution is 6.07. The number of halogens is 1. The third-order valence-corrected chi connectivity index (χ3v) is 3.39. The molecule has 1 amide bonds. The predicted molar refractivity (Wildman–Crippen MR) is 83.7 cm³/mol. The highest BCUT2D eigenvalue weighted by atomic mass is 19.1. The van der Waals surface area contributed by atoms with Gasteiger partial charge in [0.25, 0.3) is 5.91 Å². The Hall–Kier alpha value is -2.95. The molecule has 0 spiro atoms. The SMILES string of the molecule is Nc1cc(F)cc2c(C(=O)NCc3ccccc3)nccc12. The zero-order valence-corrected chi connectivity index (χ0v) is 11.7. The van der Waals surface area contributed by atoms with E-state index in [9.17, 15) is 9.18 Å². The molecule has 3 N–H and O–H groups in total. The molecule has 0 aliphatic rings. The van der Waals surface area contributed by atoms with Crippen molar-refractivity contribution in [3.8, 4) is 0 Å². The molecule has 2 aromatic carbocycles. The number of fused-ring (bicyclic) bond motifs is 1. The molecular formula is C17H14FN3O. The Morgan fingerprint density at radius 1 is 1.14 bits per heavy atom. The number of benzene rings is 2. The highest BCUT2D eigenvalue weighted by Crippen LogP contribution is 2.24. The number of hydrogen-bond donors (Lipinski definition) is 2. The molecule has 0 bridgehead atoms. The molecule has 0 unspecified atom stereocenters. The predicted octanol–water partition coefficient (Wildman–Crippen LogP) is 2.89. The molecule has 0 aliphatic carbocycles. The average Bonchev–Trinajstić information content (AvgIpc) is 2.53. The van der Waals surface area contributed by atoms with E-state index in [1.165, 1.54) is 18.3 Å². The number of amides is 1. The summed E-state index contributed by atoms with van der Waals surface area (Å²) in [6, 6.07) is 13.7. The normalized spacial score (nSPS) is 10.6. The van der Waals surface area contributed by atoms with Crippen molar-refractivity contribution in [2.75, 3.05) is 5.73 Å². The van der Waals surface area contributed by atoms with Gasteiger partial charge >= 0.3 is 0 Å². The number of hydrogen-bond acceptors (Lipinski definition) is 3. The largest absolute Gasteiger partial charge is 0.398 e. The van der Waals surface area contributed by atoms with Crippen molar-refractivity contribution in [3.05, 3.63) is 71.8 Å². The fraction of sp³-hybridized carbons (Fsp3) is 0.0588. The van der Waals surface area contributed by atoms with Gasteiger partial charge in [0.1, 0.15) is 11.5 Å². The molecule has 0 radical (unpaired) electrons. The van der Waals surface area contributed by atoms with E-state index >= 15 is 0 Å². The molecule has 1 aromatic heterocycles. The lowest BCUT2D eigenvalue weighted by Gasteiger charge is -2.09. The van der Waals surface area contributed by atoms with Crippen LogP contribution in [0.15, 0.2) is 54.7 Å². The summed E-state index contributed by atoms with van der Waals surface area (Å²) >= 11 is 0. The van der Waals surface area contributed by atoms with Gasteiger partial charge in [-0.05, 0) is 23.8 Å². The molecular weight excluding hydrogens is 281 g/mol. The van der Waals surface area contributed by atoms with Crippen LogP contribution in [0.5, 0.6) is 0 Å². The summed E-state index contributed by atoms with van der Waals surface area (Å²) in [6.07, 6.45) is 1.49. The first-order chi connectivity index (χ1) is 10.6. The van der Waals surface area contributed by atoms with Gasteiger partial charge in [-0.1, -0.05) is 30.3 Å². The van der Waals surface area contributed by atoms with Gasteiger partial charge < -0.3 is 11.1 Å². The first kappa shape index (κ1) is 14.0. The Balaban J connectivity index is 1.91. The number of carbonyl (C=O) groups excluding carboxylic acids is 1. The molecule has 1 heterocycles. The third kappa shape index (κ3) is 2.74. The Labute approximate surface area is 126 Å². The minimum Gasteiger partial charge on any atom is -0.398 e. The van der Waals surface area contributed by atoms with Crippen LogP contribution in [0.4, 0.5) is 10.1 Å². The minimum atomic E-state index is -0.491. The molecule has 3 aromatic rings. The van der Waals surface area contributed by atoms with Crippen LogP contribution in [0.3, 0.4) is 0 Å². The van der Waals surface area contributed by atoms with Crippen molar-refractivity contribution < 1.29 is 9.18 Å². The maximum atomic E-state index is 13.6. The van der Waals surface area contributed by atoms with Crippen LogP contribution in [0.1, 0.15) is 16.1 Å². The van der Waals surface area contributed by atoms with Crippen LogP contribution in [-0.4, -0.2) is 10.9 Å². The third-order valence-electron chi connectivity index (χ3n) is 3.39. The maximum absolute atomic E-state index is 13.6. The van der Waals surface area contributed by atoms with Gasteiger partial charge in [-0.3, -0.25) is 9.78 Å². The van der Waals surface area contributed by atoms with Crippen molar-refractivity contribution in [3.63, 3.8) is 0 Å². The molecule has 3 rings (SSSR count). The van der Waals surface area contributed by atoms with Gasteiger partial charge in [0, 0.05) is 29.2 Å². The zero-order valence-electron chi connectivity index (χ0n) is 11.7. The van der Waals surface area contributed by atoms with E-state index in [0.717, 1.165) is 5.56 Å². The fourth-order valence-corrected chi connectivity index (χ4v) is 2.32. The van der Waals surface area contributed by atoms with Gasteiger partial charge in [-0.25, -0.2) is 4.39 Å². The number of nitrogens with two attached hydrogens (primary N) is 1. The van der Waals surface area contributed by atoms with Crippen molar-refractivity contribution in [2.24, 2.45) is 0 Å². The number of nitrogen functional groups attached to an aromatic ring is 1. The molecule has 0 saturated carbocycles. The van der Waals surface area contributed by atoms with Gasteiger partial charge in [-0.2, -0.15) is 0 Å². The van der Waals surface area contributed by atoms with Crippen molar-refractivity contribution in [1.82, 2.24) is 10.3 Å². The molecule has 22 heavy (non-hydrogen) atoms. The molecule has 0 saturated heterocycles. The minimum absolute atomic E-state index is 0.166. The molecule has 4 nitrogen and oxygen atoms in total. The highest BCUT2D eigenvalue weighted by Gasteiger charge is 2.13. The second kappa shape index (κ2) is 5.81. The summed E-state index contributed by atoms with van der Waals surface area (Å²) < 4.78 is 13.6. The monoisotopic (exact) mass is 295 g/mol. The first-order valence-electron chi connectivity index (χ1n) is 6.81. The van der Waals surface area contributed by atoms with Gasteiger partial charge in [0.05, 0.1) is 0 Å². The summed E-state index contributed by atoms with van der Waals surface area (Å²) in [5.74, 6) is -0.852. The summed E-state index contributed by atoms with van der Waals surface area (Å²) in [6.45, 7) is 0.378. The lowest BCUT2D eigenvalue weighted by molar-refractivity contribution is 0.0948. The molecule has 0 fully saturated rings. The summed E-state index contributed by atoms with van der Waals surface area (Å²) in [7, 11) is 0. The zero-order chi connectivity index (χ0) is 15.5. The number of nitrogens with zero attached hydrogens (tertiary/aromatic N) is 1. The summed E-state index contributed by atoms with van der Waals surface area (Å²) in [5, 5.41) is 3.80. The Morgan fingerprint density at radius 3 is 2.68 bits per heavy atom. The molecule has 0 aliphatic heterocycles. The number of rotatable bonds is 3. The van der Waals surface area contributed by atoms with Crippen LogP contribution in [0, 0.1) is 5.82 Å². The number of aromatic nitrogens is 1.